The summed E-state index contributed by atoms with van der Waals surface area (Å²) in [6.07, 6.45) is 1.64. The summed E-state index contributed by atoms with van der Waals surface area (Å²) in [5.74, 6) is 5.08. The third-order valence-electron chi connectivity index (χ3n) is 2.14. The van der Waals surface area contributed by atoms with Gasteiger partial charge in [-0.05, 0) is 42.7 Å². The molecule has 0 aliphatic heterocycles. The summed E-state index contributed by atoms with van der Waals surface area (Å²) in [7, 11) is 0. The molecule has 1 rings (SSSR count). The van der Waals surface area contributed by atoms with Crippen LogP contribution >= 0.6 is 11.6 Å². The first-order valence-corrected chi connectivity index (χ1v) is 4.69. The summed E-state index contributed by atoms with van der Waals surface area (Å²) in [5.41, 5.74) is 3.33. The maximum atomic E-state index is 5.79. The smallest absolute Gasteiger partial charge is 0.0497 e. The van der Waals surface area contributed by atoms with E-state index < -0.39 is 0 Å². The number of rotatable bonds is 2. The third-order valence-corrected chi connectivity index (χ3v) is 2.39. The zero-order valence-electron chi connectivity index (χ0n) is 8.29. The van der Waals surface area contributed by atoms with E-state index in [1.807, 2.05) is 38.1 Å². The quantitative estimate of drug-likeness (QED) is 0.453. The molecule has 0 spiro atoms. The van der Waals surface area contributed by atoms with Gasteiger partial charge in [0.1, 0.15) is 0 Å². The molecule has 0 aliphatic carbocycles. The Labute approximate surface area is 89.1 Å². The highest BCUT2D eigenvalue weighted by Gasteiger charge is 1.98. The monoisotopic (exact) mass is 208 g/mol. The van der Waals surface area contributed by atoms with E-state index >= 15 is 0 Å². The Morgan fingerprint density at radius 1 is 1.29 bits per heavy atom. The van der Waals surface area contributed by atoms with Crippen molar-refractivity contribution in [2.45, 2.75) is 13.8 Å². The molecule has 0 aromatic heterocycles. The number of benzene rings is 1. The van der Waals surface area contributed by atoms with Crippen molar-refractivity contribution in [1.82, 2.24) is 0 Å². The average Bonchev–Trinajstić information content (AvgIpc) is 2.18. The van der Waals surface area contributed by atoms with E-state index in [0.29, 0.717) is 0 Å². The molecule has 0 radical (unpaired) electrons. The second-order valence-electron chi connectivity index (χ2n) is 3.09. The molecule has 0 amide bonds. The molecule has 1 aromatic rings. The fourth-order valence-electron chi connectivity index (χ4n) is 1.14. The first-order valence-electron chi connectivity index (χ1n) is 4.32. The van der Waals surface area contributed by atoms with Gasteiger partial charge in [-0.3, -0.25) is 0 Å². The summed E-state index contributed by atoms with van der Waals surface area (Å²) >= 11 is 5.79. The molecule has 74 valence electrons. The Kier molecular flexibility index (Phi) is 3.72. The van der Waals surface area contributed by atoms with Crippen LogP contribution in [0.2, 0.25) is 5.02 Å². The lowest BCUT2D eigenvalue weighted by Gasteiger charge is -2.03. The topological polar surface area (TPSA) is 38.4 Å². The van der Waals surface area contributed by atoms with Crippen LogP contribution in [0.4, 0.5) is 0 Å². The van der Waals surface area contributed by atoms with Gasteiger partial charge in [-0.25, -0.2) is 0 Å². The van der Waals surface area contributed by atoms with Crippen LogP contribution in [0.1, 0.15) is 19.4 Å². The van der Waals surface area contributed by atoms with Crippen LogP contribution in [0.5, 0.6) is 0 Å². The van der Waals surface area contributed by atoms with Crippen LogP contribution in [0.15, 0.2) is 34.9 Å². The van der Waals surface area contributed by atoms with Gasteiger partial charge in [-0.15, -0.1) is 0 Å². The highest BCUT2D eigenvalue weighted by Crippen LogP contribution is 2.19. The van der Waals surface area contributed by atoms with Crippen molar-refractivity contribution in [3.63, 3.8) is 0 Å². The van der Waals surface area contributed by atoms with Crippen LogP contribution in [-0.4, -0.2) is 6.21 Å². The number of nitrogens with two attached hydrogens (primary N) is 1. The summed E-state index contributed by atoms with van der Waals surface area (Å²) in [6, 6.07) is 7.69. The van der Waals surface area contributed by atoms with E-state index in [1.54, 1.807) is 6.21 Å². The Morgan fingerprint density at radius 3 is 2.36 bits per heavy atom. The van der Waals surface area contributed by atoms with Crippen molar-refractivity contribution < 1.29 is 0 Å². The first kappa shape index (κ1) is 10.8. The Balaban J connectivity index is 3.05. The second kappa shape index (κ2) is 4.82. The molecule has 0 bridgehead atoms. The molecule has 0 heterocycles. The highest BCUT2D eigenvalue weighted by atomic mass is 35.5. The zero-order chi connectivity index (χ0) is 10.6. The van der Waals surface area contributed by atoms with Crippen LogP contribution in [0.3, 0.4) is 0 Å². The van der Waals surface area contributed by atoms with Crippen LogP contribution < -0.4 is 5.84 Å². The van der Waals surface area contributed by atoms with Gasteiger partial charge in [-0.2, -0.15) is 5.10 Å². The van der Waals surface area contributed by atoms with Crippen LogP contribution in [0, 0.1) is 0 Å². The molecular weight excluding hydrogens is 196 g/mol. The molecule has 0 aliphatic rings. The molecule has 3 heteroatoms. The number of hydrogen-bond acceptors (Lipinski definition) is 2. The summed E-state index contributed by atoms with van der Waals surface area (Å²) in [4.78, 5) is 0. The molecule has 2 nitrogen and oxygen atoms in total. The predicted molar refractivity (Wildman–Crippen MR) is 62.4 cm³/mol. The Hall–Kier alpha value is -1.28. The lowest BCUT2D eigenvalue weighted by atomic mass is 10.0. The van der Waals surface area contributed by atoms with Crippen molar-refractivity contribution in [1.29, 1.82) is 0 Å². The van der Waals surface area contributed by atoms with E-state index in [0.717, 1.165) is 21.7 Å². The molecule has 2 N–H and O–H groups in total. The Morgan fingerprint density at radius 2 is 1.86 bits per heavy atom. The van der Waals surface area contributed by atoms with E-state index in [-0.39, 0.29) is 0 Å². The number of halogens is 1. The average molecular weight is 209 g/mol. The van der Waals surface area contributed by atoms with E-state index in [9.17, 15) is 0 Å². The molecule has 0 saturated carbocycles. The molecule has 1 aromatic carbocycles. The van der Waals surface area contributed by atoms with Gasteiger partial charge >= 0.3 is 0 Å². The van der Waals surface area contributed by atoms with Gasteiger partial charge in [-0.1, -0.05) is 23.7 Å². The van der Waals surface area contributed by atoms with Gasteiger partial charge in [0.25, 0.3) is 0 Å². The molecular formula is C11H13ClN2. The van der Waals surface area contributed by atoms with Crippen LogP contribution in [-0.2, 0) is 0 Å². The van der Waals surface area contributed by atoms with Gasteiger partial charge in [0.15, 0.2) is 0 Å². The van der Waals surface area contributed by atoms with Crippen LogP contribution in [0.25, 0.3) is 5.57 Å². The van der Waals surface area contributed by atoms with Gasteiger partial charge in [0.2, 0.25) is 0 Å². The number of nitrogens with zero attached hydrogens (tertiary/aromatic N) is 1. The molecule has 14 heavy (non-hydrogen) atoms. The van der Waals surface area contributed by atoms with E-state index in [2.05, 4.69) is 5.10 Å². The lowest BCUT2D eigenvalue weighted by Crippen LogP contribution is -1.89. The van der Waals surface area contributed by atoms with Crippen molar-refractivity contribution in [3.8, 4) is 0 Å². The van der Waals surface area contributed by atoms with Gasteiger partial charge in [0.05, 0.1) is 0 Å². The largest absolute Gasteiger partial charge is 0.323 e. The third kappa shape index (κ3) is 2.60. The van der Waals surface area contributed by atoms with E-state index in [1.165, 1.54) is 0 Å². The molecule has 0 saturated heterocycles. The molecule has 0 unspecified atom stereocenters. The maximum Gasteiger partial charge on any atom is 0.0497 e. The fraction of sp³-hybridized carbons (Fsp3) is 0.182. The summed E-state index contributed by atoms with van der Waals surface area (Å²) in [5, 5.41) is 4.23. The normalized spacial score (nSPS) is 13.1. The maximum absolute atomic E-state index is 5.79. The summed E-state index contributed by atoms with van der Waals surface area (Å²) < 4.78 is 0. The minimum absolute atomic E-state index is 0.742. The van der Waals surface area contributed by atoms with Crippen molar-refractivity contribution >= 4 is 23.4 Å². The zero-order valence-corrected chi connectivity index (χ0v) is 9.05. The first-order chi connectivity index (χ1) is 6.65. The second-order valence-corrected chi connectivity index (χ2v) is 3.53. The van der Waals surface area contributed by atoms with Gasteiger partial charge in [0, 0.05) is 11.2 Å². The minimum Gasteiger partial charge on any atom is -0.323 e. The molecule has 0 atom stereocenters. The fourth-order valence-corrected chi connectivity index (χ4v) is 1.26. The highest BCUT2D eigenvalue weighted by molar-refractivity contribution is 6.30. The predicted octanol–water partition coefficient (Wildman–Crippen LogP) is 3.08. The lowest BCUT2D eigenvalue weighted by molar-refractivity contribution is 1.26. The number of hydrogen-bond donors (Lipinski definition) is 1. The number of hydrazone groups is 1. The molecule has 0 fully saturated rings. The summed E-state index contributed by atoms with van der Waals surface area (Å²) in [6.45, 7) is 4.00. The van der Waals surface area contributed by atoms with Crippen molar-refractivity contribution in [2.24, 2.45) is 10.9 Å². The number of allylic oxidation sites excluding steroid dienone is 2. The minimum atomic E-state index is 0.742. The Bertz CT molecular complexity index is 363. The van der Waals surface area contributed by atoms with Gasteiger partial charge < -0.3 is 5.84 Å². The van der Waals surface area contributed by atoms with Crippen molar-refractivity contribution in [3.05, 3.63) is 40.4 Å². The SMILES string of the molecule is CC(/C=N\N)=C(/C)c1ccc(Cl)cc1. The van der Waals surface area contributed by atoms with Crippen molar-refractivity contribution in [2.75, 3.05) is 0 Å². The van der Waals surface area contributed by atoms with E-state index in [4.69, 9.17) is 17.4 Å². The standard InChI is InChI=1S/C11H13ClN2/c1-8(7-14-13)9(2)10-3-5-11(12)6-4-10/h3-7H,13H2,1-2H3/b9-8+,14-7-.